The highest BCUT2D eigenvalue weighted by Gasteiger charge is 2.28. The number of nitrogens with one attached hydrogen (secondary N) is 1. The molecule has 1 saturated heterocycles. The summed E-state index contributed by atoms with van der Waals surface area (Å²) in [6, 6.07) is 1.48. The Kier molecular flexibility index (Phi) is 4.29. The van der Waals surface area contributed by atoms with E-state index in [0.717, 1.165) is 17.6 Å². The zero-order valence-corrected chi connectivity index (χ0v) is 12.9. The standard InChI is InChI=1S/C16H28N4/c1-13-4-3-5-16(10-13)20-8-6-14(7-9-20)18-15-11-17-19(2)12-15/h11-14,16,18H,3-10H2,1-2H3. The van der Waals surface area contributed by atoms with Gasteiger partial charge in [0.1, 0.15) is 0 Å². The van der Waals surface area contributed by atoms with E-state index in [-0.39, 0.29) is 0 Å². The summed E-state index contributed by atoms with van der Waals surface area (Å²) in [6.07, 6.45) is 12.2. The molecule has 1 aromatic rings. The van der Waals surface area contributed by atoms with Gasteiger partial charge in [-0.05, 0) is 31.6 Å². The highest BCUT2D eigenvalue weighted by atomic mass is 15.3. The lowest BCUT2D eigenvalue weighted by atomic mass is 9.85. The van der Waals surface area contributed by atoms with Crippen molar-refractivity contribution in [3.8, 4) is 0 Å². The van der Waals surface area contributed by atoms with Crippen LogP contribution in [0.2, 0.25) is 0 Å². The molecule has 0 amide bonds. The summed E-state index contributed by atoms with van der Waals surface area (Å²) in [5.74, 6) is 0.931. The van der Waals surface area contributed by atoms with Crippen LogP contribution in [0.5, 0.6) is 0 Å². The molecule has 2 unspecified atom stereocenters. The van der Waals surface area contributed by atoms with Crippen LogP contribution in [0.3, 0.4) is 0 Å². The summed E-state index contributed by atoms with van der Waals surface area (Å²) in [4.78, 5) is 2.75. The van der Waals surface area contributed by atoms with Crippen molar-refractivity contribution >= 4 is 5.69 Å². The summed E-state index contributed by atoms with van der Waals surface area (Å²) < 4.78 is 1.86. The van der Waals surface area contributed by atoms with Crippen molar-refractivity contribution in [3.05, 3.63) is 12.4 Å². The molecule has 4 nitrogen and oxygen atoms in total. The van der Waals surface area contributed by atoms with E-state index in [1.165, 1.54) is 51.6 Å². The second-order valence-corrected chi connectivity index (χ2v) is 6.78. The van der Waals surface area contributed by atoms with Crippen LogP contribution in [0.15, 0.2) is 12.4 Å². The van der Waals surface area contributed by atoms with Crippen LogP contribution in [0.1, 0.15) is 45.4 Å². The Morgan fingerprint density at radius 1 is 1.20 bits per heavy atom. The minimum absolute atomic E-state index is 0.622. The van der Waals surface area contributed by atoms with Crippen LogP contribution in [-0.4, -0.2) is 39.9 Å². The Morgan fingerprint density at radius 2 is 2.00 bits per heavy atom. The topological polar surface area (TPSA) is 33.1 Å². The molecule has 0 spiro atoms. The molecule has 1 saturated carbocycles. The van der Waals surface area contributed by atoms with Gasteiger partial charge in [-0.2, -0.15) is 5.10 Å². The quantitative estimate of drug-likeness (QED) is 0.921. The smallest absolute Gasteiger partial charge is 0.0728 e. The van der Waals surface area contributed by atoms with Crippen LogP contribution in [0.4, 0.5) is 5.69 Å². The van der Waals surface area contributed by atoms with Crippen LogP contribution < -0.4 is 5.32 Å². The Balaban J connectivity index is 1.47. The molecule has 112 valence electrons. The van der Waals surface area contributed by atoms with E-state index in [0.29, 0.717) is 6.04 Å². The second-order valence-electron chi connectivity index (χ2n) is 6.78. The molecule has 1 aliphatic carbocycles. The van der Waals surface area contributed by atoms with Crippen molar-refractivity contribution < 1.29 is 0 Å². The number of likely N-dealkylation sites (tertiary alicyclic amines) is 1. The van der Waals surface area contributed by atoms with Crippen molar-refractivity contribution in [2.24, 2.45) is 13.0 Å². The first-order valence-corrected chi connectivity index (χ1v) is 8.20. The zero-order chi connectivity index (χ0) is 13.9. The van der Waals surface area contributed by atoms with E-state index in [9.17, 15) is 0 Å². The van der Waals surface area contributed by atoms with Crippen LogP contribution in [0, 0.1) is 5.92 Å². The normalized spacial score (nSPS) is 29.5. The Morgan fingerprint density at radius 3 is 2.65 bits per heavy atom. The van der Waals surface area contributed by atoms with Crippen molar-refractivity contribution in [3.63, 3.8) is 0 Å². The van der Waals surface area contributed by atoms with Crippen molar-refractivity contribution in [1.29, 1.82) is 0 Å². The highest BCUT2D eigenvalue weighted by molar-refractivity contribution is 5.39. The van der Waals surface area contributed by atoms with E-state index in [4.69, 9.17) is 0 Å². The van der Waals surface area contributed by atoms with Crippen LogP contribution >= 0.6 is 0 Å². The Labute approximate surface area is 122 Å². The third-order valence-electron chi connectivity index (χ3n) is 5.03. The maximum Gasteiger partial charge on any atom is 0.0728 e. The lowest BCUT2D eigenvalue weighted by molar-refractivity contribution is 0.109. The maximum absolute atomic E-state index is 4.22. The van der Waals surface area contributed by atoms with Crippen molar-refractivity contribution in [2.45, 2.75) is 57.5 Å². The molecule has 20 heavy (non-hydrogen) atoms. The highest BCUT2D eigenvalue weighted by Crippen LogP contribution is 2.29. The Bertz CT molecular complexity index is 420. The van der Waals surface area contributed by atoms with Gasteiger partial charge in [0.25, 0.3) is 0 Å². The lowest BCUT2D eigenvalue weighted by Crippen LogP contribution is -2.46. The van der Waals surface area contributed by atoms with Gasteiger partial charge in [-0.1, -0.05) is 19.8 Å². The molecule has 2 aliphatic rings. The fraction of sp³-hybridized carbons (Fsp3) is 0.812. The molecule has 2 heterocycles. The molecule has 0 aromatic carbocycles. The number of piperidine rings is 1. The summed E-state index contributed by atoms with van der Waals surface area (Å²) in [5.41, 5.74) is 1.16. The summed E-state index contributed by atoms with van der Waals surface area (Å²) in [5, 5.41) is 7.85. The Hall–Kier alpha value is -1.03. The van der Waals surface area contributed by atoms with Gasteiger partial charge in [-0.3, -0.25) is 4.68 Å². The molecule has 1 N–H and O–H groups in total. The van der Waals surface area contributed by atoms with Crippen LogP contribution in [0.25, 0.3) is 0 Å². The van der Waals surface area contributed by atoms with Gasteiger partial charge in [-0.15, -0.1) is 0 Å². The number of anilines is 1. The predicted molar refractivity (Wildman–Crippen MR) is 82.8 cm³/mol. The van der Waals surface area contributed by atoms with E-state index in [1.54, 1.807) is 0 Å². The van der Waals surface area contributed by atoms with E-state index >= 15 is 0 Å². The minimum atomic E-state index is 0.622. The van der Waals surface area contributed by atoms with E-state index < -0.39 is 0 Å². The number of rotatable bonds is 3. The van der Waals surface area contributed by atoms with Gasteiger partial charge in [-0.25, -0.2) is 0 Å². The van der Waals surface area contributed by atoms with Gasteiger partial charge in [0.2, 0.25) is 0 Å². The van der Waals surface area contributed by atoms with Crippen molar-refractivity contribution in [2.75, 3.05) is 18.4 Å². The SMILES string of the molecule is CC1CCCC(N2CCC(Nc3cnn(C)c3)CC2)C1. The third kappa shape index (κ3) is 3.35. The first-order chi connectivity index (χ1) is 9.70. The van der Waals surface area contributed by atoms with Gasteiger partial charge >= 0.3 is 0 Å². The lowest BCUT2D eigenvalue weighted by Gasteiger charge is -2.41. The fourth-order valence-corrected chi connectivity index (χ4v) is 3.87. The molecule has 3 rings (SSSR count). The molecule has 1 aromatic heterocycles. The monoisotopic (exact) mass is 276 g/mol. The minimum Gasteiger partial charge on any atom is -0.380 e. The molecule has 0 radical (unpaired) electrons. The average Bonchev–Trinajstić information content (AvgIpc) is 2.85. The van der Waals surface area contributed by atoms with Gasteiger partial charge < -0.3 is 10.2 Å². The number of hydrogen-bond donors (Lipinski definition) is 1. The predicted octanol–water partition coefficient (Wildman–Crippen LogP) is 2.88. The van der Waals surface area contributed by atoms with E-state index in [1.807, 2.05) is 17.9 Å². The summed E-state index contributed by atoms with van der Waals surface area (Å²) >= 11 is 0. The molecule has 4 heteroatoms. The molecule has 2 fully saturated rings. The summed E-state index contributed by atoms with van der Waals surface area (Å²) in [7, 11) is 1.97. The number of hydrogen-bond acceptors (Lipinski definition) is 3. The number of aryl methyl sites for hydroxylation is 1. The number of aromatic nitrogens is 2. The van der Waals surface area contributed by atoms with Crippen LogP contribution in [-0.2, 0) is 7.05 Å². The third-order valence-corrected chi connectivity index (χ3v) is 5.03. The molecule has 0 bridgehead atoms. The average molecular weight is 276 g/mol. The molecule has 1 aliphatic heterocycles. The maximum atomic E-state index is 4.22. The van der Waals surface area contributed by atoms with E-state index in [2.05, 4.69) is 28.4 Å². The van der Waals surface area contributed by atoms with Gasteiger partial charge in [0.05, 0.1) is 11.9 Å². The first kappa shape index (κ1) is 13.9. The molecule has 2 atom stereocenters. The second kappa shape index (κ2) is 6.17. The van der Waals surface area contributed by atoms with Gasteiger partial charge in [0, 0.05) is 38.4 Å². The largest absolute Gasteiger partial charge is 0.380 e. The van der Waals surface area contributed by atoms with Gasteiger partial charge in [0.15, 0.2) is 0 Å². The zero-order valence-electron chi connectivity index (χ0n) is 12.9. The number of nitrogens with zero attached hydrogens (tertiary/aromatic N) is 3. The fourth-order valence-electron chi connectivity index (χ4n) is 3.87. The molecular weight excluding hydrogens is 248 g/mol. The summed E-state index contributed by atoms with van der Waals surface area (Å²) in [6.45, 7) is 4.94. The molecular formula is C16H28N4. The van der Waals surface area contributed by atoms with Crippen molar-refractivity contribution in [1.82, 2.24) is 14.7 Å². The first-order valence-electron chi connectivity index (χ1n) is 8.20.